The van der Waals surface area contributed by atoms with E-state index in [-0.39, 0.29) is 29.3 Å². The van der Waals surface area contributed by atoms with E-state index in [1.807, 2.05) is 11.8 Å². The molecule has 4 aliphatic carbocycles. The SMILES string of the molecule is CC(=O)N1CCN(CC(=O)[C@H]2CC[C@H]3[C@@H]4CC[C@H]5C[C@](C)(O)CC[C@]5(CO)C4=CC[C@]23C)CC1. The largest absolute Gasteiger partial charge is 0.395 e. The summed E-state index contributed by atoms with van der Waals surface area (Å²) in [5.41, 5.74) is 0.708. The van der Waals surface area contributed by atoms with Gasteiger partial charge >= 0.3 is 0 Å². The summed E-state index contributed by atoms with van der Waals surface area (Å²) in [6, 6.07) is 0. The first-order valence-corrected chi connectivity index (χ1v) is 13.6. The lowest BCUT2D eigenvalue weighted by Crippen LogP contribution is -2.54. The van der Waals surface area contributed by atoms with Crippen molar-refractivity contribution in [3.8, 4) is 0 Å². The molecule has 7 atom stereocenters. The van der Waals surface area contributed by atoms with E-state index in [4.69, 9.17) is 0 Å². The lowest BCUT2D eigenvalue weighted by atomic mass is 9.47. The molecule has 1 heterocycles. The number of carbonyl (C=O) groups excluding carboxylic acids is 2. The molecule has 2 N–H and O–H groups in total. The van der Waals surface area contributed by atoms with Gasteiger partial charge in [-0.1, -0.05) is 18.6 Å². The van der Waals surface area contributed by atoms with Gasteiger partial charge in [-0.25, -0.2) is 0 Å². The molecule has 6 nitrogen and oxygen atoms in total. The van der Waals surface area contributed by atoms with Crippen LogP contribution in [0.4, 0.5) is 0 Å². The first kappa shape index (κ1) is 24.5. The molecular weight excluding hydrogens is 428 g/mol. The van der Waals surface area contributed by atoms with Crippen LogP contribution in [0.5, 0.6) is 0 Å². The minimum Gasteiger partial charge on any atom is -0.395 e. The van der Waals surface area contributed by atoms with E-state index in [2.05, 4.69) is 17.9 Å². The average molecular weight is 473 g/mol. The van der Waals surface area contributed by atoms with Crippen LogP contribution < -0.4 is 0 Å². The van der Waals surface area contributed by atoms with Gasteiger partial charge in [-0.2, -0.15) is 0 Å². The number of piperazine rings is 1. The van der Waals surface area contributed by atoms with Crippen LogP contribution in [0.25, 0.3) is 0 Å². The Morgan fingerprint density at radius 2 is 1.79 bits per heavy atom. The summed E-state index contributed by atoms with van der Waals surface area (Å²) in [6.07, 6.45) is 10.1. The zero-order chi connectivity index (χ0) is 24.3. The van der Waals surface area contributed by atoms with Crippen molar-refractivity contribution in [3.63, 3.8) is 0 Å². The standard InChI is InChI=1S/C28H44N2O4/c1-19(32)30-14-12-29(13-15-30)17-25(33)24-7-6-22-21-5-4-20-16-26(2,34)10-11-28(20,18-31)23(21)8-9-27(22,24)3/h8,20-22,24,31,34H,4-7,9-18H2,1-3H3/t20-,21-,22-,24+,26+,27-,28+/m0/s1. The highest BCUT2D eigenvalue weighted by Crippen LogP contribution is 2.66. The summed E-state index contributed by atoms with van der Waals surface area (Å²) in [7, 11) is 0. The molecule has 4 fully saturated rings. The fourth-order valence-electron chi connectivity index (χ4n) is 8.89. The van der Waals surface area contributed by atoms with Crippen molar-refractivity contribution in [2.45, 2.75) is 77.7 Å². The minimum absolute atomic E-state index is 0.0100. The number of amides is 1. The molecule has 0 bridgehead atoms. The van der Waals surface area contributed by atoms with Crippen LogP contribution in [-0.4, -0.2) is 76.6 Å². The van der Waals surface area contributed by atoms with Crippen LogP contribution in [0.1, 0.15) is 72.1 Å². The van der Waals surface area contributed by atoms with E-state index in [0.717, 1.165) is 77.5 Å². The van der Waals surface area contributed by atoms with Crippen molar-refractivity contribution in [1.29, 1.82) is 0 Å². The minimum atomic E-state index is -0.610. The Morgan fingerprint density at radius 3 is 2.47 bits per heavy atom. The number of aliphatic hydroxyl groups is 2. The number of hydrogen-bond acceptors (Lipinski definition) is 5. The lowest BCUT2D eigenvalue weighted by Gasteiger charge is -2.58. The zero-order valence-corrected chi connectivity index (χ0v) is 21.4. The Kier molecular flexibility index (Phi) is 6.26. The topological polar surface area (TPSA) is 81.1 Å². The van der Waals surface area contributed by atoms with E-state index in [1.54, 1.807) is 6.92 Å². The molecule has 1 aliphatic heterocycles. The van der Waals surface area contributed by atoms with E-state index < -0.39 is 5.60 Å². The molecule has 34 heavy (non-hydrogen) atoms. The van der Waals surface area contributed by atoms with Crippen LogP contribution in [0.2, 0.25) is 0 Å². The second-order valence-electron chi connectivity index (χ2n) is 12.8. The van der Waals surface area contributed by atoms with Crippen molar-refractivity contribution < 1.29 is 19.8 Å². The van der Waals surface area contributed by atoms with Crippen molar-refractivity contribution in [2.75, 3.05) is 39.3 Å². The normalized spacial score (nSPS) is 44.6. The van der Waals surface area contributed by atoms with Gasteiger partial charge in [0.25, 0.3) is 0 Å². The molecule has 6 heteroatoms. The van der Waals surface area contributed by atoms with E-state index in [1.165, 1.54) is 5.57 Å². The maximum atomic E-state index is 13.6. The Balaban J connectivity index is 1.31. The summed E-state index contributed by atoms with van der Waals surface area (Å²) >= 11 is 0. The molecule has 0 aromatic carbocycles. The van der Waals surface area contributed by atoms with Gasteiger partial charge in [-0.3, -0.25) is 14.5 Å². The Labute approximate surface area is 204 Å². The Bertz CT molecular complexity index is 860. The molecule has 1 amide bonds. The average Bonchev–Trinajstić information content (AvgIpc) is 3.16. The zero-order valence-electron chi connectivity index (χ0n) is 21.4. The van der Waals surface area contributed by atoms with E-state index >= 15 is 0 Å². The molecule has 5 rings (SSSR count). The fraction of sp³-hybridized carbons (Fsp3) is 0.857. The van der Waals surface area contributed by atoms with Crippen LogP contribution in [0.3, 0.4) is 0 Å². The van der Waals surface area contributed by atoms with E-state index in [9.17, 15) is 19.8 Å². The van der Waals surface area contributed by atoms with Crippen molar-refractivity contribution in [2.24, 2.45) is 34.5 Å². The number of carbonyl (C=O) groups is 2. The van der Waals surface area contributed by atoms with Crippen molar-refractivity contribution >= 4 is 11.7 Å². The quantitative estimate of drug-likeness (QED) is 0.615. The molecule has 0 aromatic heterocycles. The number of fused-ring (bicyclic) bond motifs is 5. The van der Waals surface area contributed by atoms with Crippen molar-refractivity contribution in [3.05, 3.63) is 11.6 Å². The molecule has 1 saturated heterocycles. The van der Waals surface area contributed by atoms with Gasteiger partial charge in [0.05, 0.1) is 18.8 Å². The third-order valence-corrected chi connectivity index (χ3v) is 10.9. The fourth-order valence-corrected chi connectivity index (χ4v) is 8.89. The third kappa shape index (κ3) is 3.88. The number of hydrogen-bond donors (Lipinski definition) is 2. The first-order chi connectivity index (χ1) is 16.1. The lowest BCUT2D eigenvalue weighted by molar-refractivity contribution is -0.132. The summed E-state index contributed by atoms with van der Waals surface area (Å²) in [5, 5.41) is 21.4. The number of nitrogens with zero attached hydrogens (tertiary/aromatic N) is 2. The van der Waals surface area contributed by atoms with Gasteiger partial charge in [0.15, 0.2) is 0 Å². The molecule has 0 unspecified atom stereocenters. The van der Waals surface area contributed by atoms with Gasteiger partial charge in [0.1, 0.15) is 5.78 Å². The van der Waals surface area contributed by atoms with Gasteiger partial charge in [0.2, 0.25) is 5.91 Å². The summed E-state index contributed by atoms with van der Waals surface area (Å²) in [6.45, 7) is 9.65. The van der Waals surface area contributed by atoms with Gasteiger partial charge < -0.3 is 15.1 Å². The predicted molar refractivity (Wildman–Crippen MR) is 131 cm³/mol. The summed E-state index contributed by atoms with van der Waals surface area (Å²) in [4.78, 5) is 29.3. The van der Waals surface area contributed by atoms with Gasteiger partial charge in [0, 0.05) is 44.4 Å². The molecular formula is C28H44N2O4. The van der Waals surface area contributed by atoms with Crippen molar-refractivity contribution in [1.82, 2.24) is 9.80 Å². The molecule has 190 valence electrons. The number of allylic oxidation sites excluding steroid dienone is 1. The van der Waals surface area contributed by atoms with Crippen LogP contribution in [0.15, 0.2) is 11.6 Å². The number of Topliss-reactive ketones (excluding diaryl/α,β-unsaturated/α-hetero) is 1. The van der Waals surface area contributed by atoms with Gasteiger partial charge in [-0.05, 0) is 81.5 Å². The van der Waals surface area contributed by atoms with Crippen LogP contribution >= 0.6 is 0 Å². The first-order valence-electron chi connectivity index (χ1n) is 13.6. The Hall–Kier alpha value is -1.24. The number of ketones is 1. The highest BCUT2D eigenvalue weighted by molar-refractivity contribution is 5.84. The molecule has 0 aromatic rings. The van der Waals surface area contributed by atoms with Gasteiger partial charge in [-0.15, -0.1) is 0 Å². The maximum absolute atomic E-state index is 13.6. The summed E-state index contributed by atoms with van der Waals surface area (Å²) < 4.78 is 0. The number of aliphatic hydroxyl groups excluding tert-OH is 1. The second kappa shape index (κ2) is 8.70. The molecule has 0 radical (unpaired) electrons. The maximum Gasteiger partial charge on any atom is 0.219 e. The van der Waals surface area contributed by atoms with Crippen LogP contribution in [0, 0.1) is 34.5 Å². The Morgan fingerprint density at radius 1 is 1.06 bits per heavy atom. The summed E-state index contributed by atoms with van der Waals surface area (Å²) in [5.74, 6) is 1.97. The molecule has 0 spiro atoms. The second-order valence-corrected chi connectivity index (χ2v) is 12.8. The smallest absolute Gasteiger partial charge is 0.219 e. The predicted octanol–water partition coefficient (Wildman–Crippen LogP) is 3.02. The number of rotatable bonds is 4. The van der Waals surface area contributed by atoms with Crippen LogP contribution in [-0.2, 0) is 9.59 Å². The third-order valence-electron chi connectivity index (χ3n) is 10.9. The molecule has 3 saturated carbocycles. The highest BCUT2D eigenvalue weighted by atomic mass is 16.3. The highest BCUT2D eigenvalue weighted by Gasteiger charge is 2.60. The van der Waals surface area contributed by atoms with E-state index in [0.29, 0.717) is 30.1 Å². The molecule has 5 aliphatic rings. The monoisotopic (exact) mass is 472 g/mol.